The van der Waals surface area contributed by atoms with Gasteiger partial charge in [-0.15, -0.1) is 0 Å². The van der Waals surface area contributed by atoms with Crippen LogP contribution >= 0.6 is 11.6 Å². The van der Waals surface area contributed by atoms with Gasteiger partial charge >= 0.3 is 5.63 Å². The first-order valence-corrected chi connectivity index (χ1v) is 9.94. The van der Waals surface area contributed by atoms with E-state index in [4.69, 9.17) is 16.0 Å². The molecule has 0 N–H and O–H groups in total. The van der Waals surface area contributed by atoms with Crippen LogP contribution in [0.3, 0.4) is 0 Å². The van der Waals surface area contributed by atoms with Crippen molar-refractivity contribution in [3.05, 3.63) is 87.2 Å². The summed E-state index contributed by atoms with van der Waals surface area (Å²) in [6.07, 6.45) is 4.23. The Morgan fingerprint density at radius 2 is 1.79 bits per heavy atom. The van der Waals surface area contributed by atoms with Crippen molar-refractivity contribution in [3.8, 4) is 0 Å². The molecule has 1 aromatic heterocycles. The van der Waals surface area contributed by atoms with E-state index in [1.807, 2.05) is 18.2 Å². The molecule has 6 heteroatoms. The highest BCUT2D eigenvalue weighted by Crippen LogP contribution is 2.19. The molecule has 2 heterocycles. The molecular weight excluding hydrogens is 388 g/mol. The fourth-order valence-electron chi connectivity index (χ4n) is 3.45. The van der Waals surface area contributed by atoms with E-state index in [0.29, 0.717) is 29.1 Å². The lowest BCUT2D eigenvalue weighted by molar-refractivity contribution is 0.0646. The van der Waals surface area contributed by atoms with Crippen molar-refractivity contribution in [2.24, 2.45) is 0 Å². The van der Waals surface area contributed by atoms with E-state index >= 15 is 0 Å². The van der Waals surface area contributed by atoms with E-state index in [0.717, 1.165) is 19.6 Å². The van der Waals surface area contributed by atoms with Crippen LogP contribution in [0.5, 0.6) is 0 Å². The molecule has 1 aliphatic rings. The second kappa shape index (κ2) is 8.64. The number of hydrogen-bond acceptors (Lipinski definition) is 4. The van der Waals surface area contributed by atoms with Crippen molar-refractivity contribution >= 4 is 34.6 Å². The molecule has 0 atom stereocenters. The molecule has 0 spiro atoms. The van der Waals surface area contributed by atoms with Gasteiger partial charge in [0.1, 0.15) is 11.1 Å². The monoisotopic (exact) mass is 408 g/mol. The second-order valence-corrected chi connectivity index (χ2v) is 7.47. The van der Waals surface area contributed by atoms with Crippen LogP contribution in [0.25, 0.3) is 17.0 Å². The predicted octanol–water partition coefficient (Wildman–Crippen LogP) is 3.92. The zero-order chi connectivity index (χ0) is 20.2. The number of fused-ring (bicyclic) bond motifs is 1. The molecule has 0 bridgehead atoms. The topological polar surface area (TPSA) is 53.8 Å². The summed E-state index contributed by atoms with van der Waals surface area (Å²) in [5, 5.41) is 1.17. The van der Waals surface area contributed by atoms with Gasteiger partial charge in [0.2, 0.25) is 0 Å². The molecule has 148 valence electrons. The summed E-state index contributed by atoms with van der Waals surface area (Å²) in [5.74, 6) is -0.292. The minimum absolute atomic E-state index is 0.0530. The SMILES string of the molecule is O=C(c1cc2cc(Cl)ccc2oc1=O)N1CCN(C/C=C/c2ccccc2)CC1. The van der Waals surface area contributed by atoms with Crippen LogP contribution in [0.4, 0.5) is 0 Å². The first kappa shape index (κ1) is 19.4. The van der Waals surface area contributed by atoms with Crippen LogP contribution in [0.1, 0.15) is 15.9 Å². The van der Waals surface area contributed by atoms with Crippen molar-refractivity contribution in [3.63, 3.8) is 0 Å². The summed E-state index contributed by atoms with van der Waals surface area (Å²) in [6.45, 7) is 3.49. The highest BCUT2D eigenvalue weighted by atomic mass is 35.5. The number of benzene rings is 2. The molecule has 1 fully saturated rings. The molecule has 0 unspecified atom stereocenters. The fourth-order valence-corrected chi connectivity index (χ4v) is 3.63. The number of hydrogen-bond donors (Lipinski definition) is 0. The van der Waals surface area contributed by atoms with Crippen LogP contribution in [0.15, 0.2) is 69.9 Å². The summed E-state index contributed by atoms with van der Waals surface area (Å²) in [6, 6.07) is 16.7. The van der Waals surface area contributed by atoms with E-state index in [1.165, 1.54) is 5.56 Å². The number of carbonyl (C=O) groups is 1. The first-order valence-electron chi connectivity index (χ1n) is 9.57. The minimum atomic E-state index is -0.613. The predicted molar refractivity (Wildman–Crippen MR) is 115 cm³/mol. The molecule has 5 nitrogen and oxygen atoms in total. The number of carbonyl (C=O) groups excluding carboxylic acids is 1. The normalized spacial score (nSPS) is 15.3. The second-order valence-electron chi connectivity index (χ2n) is 7.04. The van der Waals surface area contributed by atoms with Gasteiger partial charge in [-0.3, -0.25) is 9.69 Å². The summed E-state index contributed by atoms with van der Waals surface area (Å²) >= 11 is 6.01. The number of rotatable bonds is 4. The third-order valence-corrected chi connectivity index (χ3v) is 5.29. The Bertz CT molecular complexity index is 1100. The average Bonchev–Trinajstić information content (AvgIpc) is 2.74. The van der Waals surface area contributed by atoms with Crippen molar-refractivity contribution in [2.45, 2.75) is 0 Å². The Kier molecular flexibility index (Phi) is 5.79. The van der Waals surface area contributed by atoms with Gasteiger partial charge in [-0.05, 0) is 29.8 Å². The molecule has 3 aromatic rings. The third-order valence-electron chi connectivity index (χ3n) is 5.06. The average molecular weight is 409 g/mol. The van der Waals surface area contributed by atoms with Gasteiger partial charge in [-0.25, -0.2) is 4.79 Å². The zero-order valence-corrected chi connectivity index (χ0v) is 16.6. The number of halogens is 1. The Hall–Kier alpha value is -2.89. The quantitative estimate of drug-likeness (QED) is 0.614. The molecule has 0 radical (unpaired) electrons. The number of amides is 1. The Labute approximate surface area is 173 Å². The lowest BCUT2D eigenvalue weighted by atomic mass is 10.1. The van der Waals surface area contributed by atoms with Crippen molar-refractivity contribution in [1.29, 1.82) is 0 Å². The molecule has 0 aliphatic carbocycles. The van der Waals surface area contributed by atoms with Gasteiger partial charge in [-0.1, -0.05) is 54.1 Å². The molecule has 29 heavy (non-hydrogen) atoms. The van der Waals surface area contributed by atoms with Crippen molar-refractivity contribution in [1.82, 2.24) is 9.80 Å². The van der Waals surface area contributed by atoms with E-state index in [1.54, 1.807) is 29.2 Å². The van der Waals surface area contributed by atoms with E-state index in [9.17, 15) is 9.59 Å². The van der Waals surface area contributed by atoms with Crippen LogP contribution in [0, 0.1) is 0 Å². The van der Waals surface area contributed by atoms with E-state index < -0.39 is 5.63 Å². The van der Waals surface area contributed by atoms with Gasteiger partial charge in [0.25, 0.3) is 5.91 Å². The van der Waals surface area contributed by atoms with Crippen LogP contribution in [0.2, 0.25) is 5.02 Å². The standard InChI is InChI=1S/C23H21ClN2O3/c24-19-8-9-21-18(15-19)16-20(23(28)29-21)22(27)26-13-11-25(12-14-26)10-4-7-17-5-2-1-3-6-17/h1-9,15-16H,10-14H2/b7-4+. The molecule has 1 amide bonds. The third kappa shape index (κ3) is 4.58. The van der Waals surface area contributed by atoms with Gasteiger partial charge < -0.3 is 9.32 Å². The summed E-state index contributed by atoms with van der Waals surface area (Å²) in [5.41, 5.74) is 1.03. The Morgan fingerprint density at radius 3 is 2.55 bits per heavy atom. The Balaban J connectivity index is 1.39. The lowest BCUT2D eigenvalue weighted by Crippen LogP contribution is -2.49. The molecular formula is C23H21ClN2O3. The fraction of sp³-hybridized carbons (Fsp3) is 0.217. The van der Waals surface area contributed by atoms with Crippen LogP contribution < -0.4 is 5.63 Å². The van der Waals surface area contributed by atoms with E-state index in [2.05, 4.69) is 29.2 Å². The summed E-state index contributed by atoms with van der Waals surface area (Å²) in [4.78, 5) is 29.1. The smallest absolute Gasteiger partial charge is 0.349 e. The molecule has 2 aromatic carbocycles. The summed E-state index contributed by atoms with van der Waals surface area (Å²) < 4.78 is 5.29. The lowest BCUT2D eigenvalue weighted by Gasteiger charge is -2.34. The van der Waals surface area contributed by atoms with Crippen molar-refractivity contribution in [2.75, 3.05) is 32.7 Å². The van der Waals surface area contributed by atoms with Crippen LogP contribution in [-0.4, -0.2) is 48.4 Å². The van der Waals surface area contributed by atoms with Gasteiger partial charge in [0.05, 0.1) is 0 Å². The highest BCUT2D eigenvalue weighted by molar-refractivity contribution is 6.31. The zero-order valence-electron chi connectivity index (χ0n) is 15.9. The van der Waals surface area contributed by atoms with Crippen LogP contribution in [-0.2, 0) is 0 Å². The molecule has 1 aliphatic heterocycles. The molecule has 1 saturated heterocycles. The maximum atomic E-state index is 12.9. The summed E-state index contributed by atoms with van der Waals surface area (Å²) in [7, 11) is 0. The molecule has 4 rings (SSSR count). The molecule has 0 saturated carbocycles. The van der Waals surface area contributed by atoms with Gasteiger partial charge in [0.15, 0.2) is 0 Å². The van der Waals surface area contributed by atoms with E-state index in [-0.39, 0.29) is 11.5 Å². The highest BCUT2D eigenvalue weighted by Gasteiger charge is 2.24. The van der Waals surface area contributed by atoms with Crippen molar-refractivity contribution < 1.29 is 9.21 Å². The first-order chi connectivity index (χ1) is 14.1. The van der Waals surface area contributed by atoms with Gasteiger partial charge in [-0.2, -0.15) is 0 Å². The largest absolute Gasteiger partial charge is 0.422 e. The van der Waals surface area contributed by atoms with Gasteiger partial charge in [0, 0.05) is 43.1 Å². The maximum absolute atomic E-state index is 12.9. The maximum Gasteiger partial charge on any atom is 0.349 e. The Morgan fingerprint density at radius 1 is 1.03 bits per heavy atom. The number of piperazine rings is 1. The minimum Gasteiger partial charge on any atom is -0.422 e. The number of nitrogens with zero attached hydrogens (tertiary/aromatic N) is 2.